The average Bonchev–Trinajstić information content (AvgIpc) is 2.46. The lowest BCUT2D eigenvalue weighted by atomic mass is 9.95. The standard InChI is InChI=1S/C14H15N3O6/c1-3-23-13(19)11-7(2)15-14(20)16-12(11)8-4-5-10(18)9(6-8)17(21)22/h4-6,12,18H,3H2,1-2H3,(H2,15,16,20)/p-1/t12-/m0/s1. The van der Waals surface area contributed by atoms with Gasteiger partial charge in [0.2, 0.25) is 0 Å². The maximum absolute atomic E-state index is 12.1. The molecule has 0 spiro atoms. The van der Waals surface area contributed by atoms with Crippen LogP contribution in [0.1, 0.15) is 25.5 Å². The van der Waals surface area contributed by atoms with E-state index in [0.717, 1.165) is 12.1 Å². The molecule has 1 atom stereocenters. The Bertz CT molecular complexity index is 712. The third-order valence-electron chi connectivity index (χ3n) is 3.28. The SMILES string of the molecule is CCOC(=O)C1=C(C)NC(=O)N[C@H]1c1ccc([O-])c([N+](=O)[O-])c1. The van der Waals surface area contributed by atoms with E-state index in [1.165, 1.54) is 13.0 Å². The molecule has 1 heterocycles. The maximum Gasteiger partial charge on any atom is 0.338 e. The van der Waals surface area contributed by atoms with Crippen molar-refractivity contribution in [2.45, 2.75) is 19.9 Å². The first-order valence-corrected chi connectivity index (χ1v) is 6.76. The van der Waals surface area contributed by atoms with Crippen molar-refractivity contribution in [3.8, 4) is 5.75 Å². The van der Waals surface area contributed by atoms with Gasteiger partial charge in [-0.15, -0.1) is 0 Å². The van der Waals surface area contributed by atoms with Crippen LogP contribution in [0.5, 0.6) is 5.75 Å². The summed E-state index contributed by atoms with van der Waals surface area (Å²) < 4.78 is 4.96. The van der Waals surface area contributed by atoms with Gasteiger partial charge >= 0.3 is 12.0 Å². The normalized spacial score (nSPS) is 17.3. The average molecular weight is 320 g/mol. The van der Waals surface area contributed by atoms with Crippen molar-refractivity contribution < 1.29 is 24.4 Å². The lowest BCUT2D eigenvalue weighted by molar-refractivity contribution is -0.398. The minimum atomic E-state index is -0.943. The zero-order valence-corrected chi connectivity index (χ0v) is 12.4. The number of carbonyl (C=O) groups excluding carboxylic acids is 2. The number of nitrogens with zero attached hydrogens (tertiary/aromatic N) is 1. The molecule has 0 unspecified atom stereocenters. The van der Waals surface area contributed by atoms with Crippen LogP contribution < -0.4 is 15.7 Å². The van der Waals surface area contributed by atoms with Gasteiger partial charge in [0.05, 0.1) is 23.1 Å². The zero-order chi connectivity index (χ0) is 17.1. The molecule has 23 heavy (non-hydrogen) atoms. The van der Waals surface area contributed by atoms with Crippen molar-refractivity contribution in [1.82, 2.24) is 10.6 Å². The summed E-state index contributed by atoms with van der Waals surface area (Å²) in [5.74, 6) is -1.41. The van der Waals surface area contributed by atoms with Crippen LogP contribution in [-0.4, -0.2) is 23.5 Å². The molecule has 0 bridgehead atoms. The molecule has 0 saturated carbocycles. The number of hydrogen-bond acceptors (Lipinski definition) is 6. The van der Waals surface area contributed by atoms with Crippen LogP contribution in [0.2, 0.25) is 0 Å². The first kappa shape index (κ1) is 16.3. The molecule has 9 nitrogen and oxygen atoms in total. The Kier molecular flexibility index (Phi) is 4.49. The Morgan fingerprint density at radius 3 is 2.74 bits per heavy atom. The summed E-state index contributed by atoms with van der Waals surface area (Å²) in [5.41, 5.74) is 0.0233. The number of amides is 2. The van der Waals surface area contributed by atoms with Crippen LogP contribution in [0.3, 0.4) is 0 Å². The van der Waals surface area contributed by atoms with E-state index in [0.29, 0.717) is 0 Å². The van der Waals surface area contributed by atoms with E-state index < -0.39 is 34.4 Å². The Morgan fingerprint density at radius 2 is 2.13 bits per heavy atom. The van der Waals surface area contributed by atoms with Gasteiger partial charge in [-0.1, -0.05) is 12.1 Å². The molecule has 1 aromatic carbocycles. The number of carbonyl (C=O) groups is 2. The predicted molar refractivity (Wildman–Crippen MR) is 76.3 cm³/mol. The van der Waals surface area contributed by atoms with Crippen LogP contribution in [0.15, 0.2) is 29.5 Å². The summed E-state index contributed by atoms with van der Waals surface area (Å²) in [5, 5.41) is 27.4. The highest BCUT2D eigenvalue weighted by Crippen LogP contribution is 2.32. The van der Waals surface area contributed by atoms with Crippen molar-refractivity contribution >= 4 is 17.7 Å². The number of hydrogen-bond donors (Lipinski definition) is 2. The van der Waals surface area contributed by atoms with Crippen molar-refractivity contribution in [2.24, 2.45) is 0 Å². The second kappa shape index (κ2) is 6.34. The highest BCUT2D eigenvalue weighted by molar-refractivity contribution is 5.95. The van der Waals surface area contributed by atoms with Gasteiger partial charge in [0.15, 0.2) is 0 Å². The number of rotatable bonds is 4. The summed E-state index contributed by atoms with van der Waals surface area (Å²) in [6.45, 7) is 3.29. The minimum Gasteiger partial charge on any atom is -0.868 e. The van der Waals surface area contributed by atoms with Crippen LogP contribution in [0.4, 0.5) is 10.5 Å². The minimum absolute atomic E-state index is 0.124. The highest BCUT2D eigenvalue weighted by Gasteiger charge is 2.32. The summed E-state index contributed by atoms with van der Waals surface area (Å²) in [7, 11) is 0. The second-order valence-corrected chi connectivity index (χ2v) is 4.77. The van der Waals surface area contributed by atoms with Crippen molar-refractivity contribution in [2.75, 3.05) is 6.61 Å². The third-order valence-corrected chi connectivity index (χ3v) is 3.28. The van der Waals surface area contributed by atoms with E-state index in [9.17, 15) is 24.8 Å². The number of esters is 1. The summed E-state index contributed by atoms with van der Waals surface area (Å²) in [6.07, 6.45) is 0. The Morgan fingerprint density at radius 1 is 1.43 bits per heavy atom. The first-order valence-electron chi connectivity index (χ1n) is 6.76. The number of nitro groups is 1. The molecule has 0 radical (unpaired) electrons. The molecule has 2 rings (SSSR count). The van der Waals surface area contributed by atoms with Gasteiger partial charge in [-0.05, 0) is 25.2 Å². The van der Waals surface area contributed by atoms with Crippen LogP contribution in [-0.2, 0) is 9.53 Å². The maximum atomic E-state index is 12.1. The molecule has 0 fully saturated rings. The Labute approximate surface area is 131 Å². The van der Waals surface area contributed by atoms with E-state index in [1.54, 1.807) is 6.92 Å². The number of nitro benzene ring substituents is 1. The predicted octanol–water partition coefficient (Wildman–Crippen LogP) is 0.859. The zero-order valence-electron chi connectivity index (χ0n) is 12.4. The van der Waals surface area contributed by atoms with E-state index in [4.69, 9.17) is 4.74 Å². The fraction of sp³-hybridized carbons (Fsp3) is 0.286. The third kappa shape index (κ3) is 3.23. The number of allylic oxidation sites excluding steroid dienone is 1. The lowest BCUT2D eigenvalue weighted by Gasteiger charge is -2.28. The molecule has 0 saturated heterocycles. The molecule has 9 heteroatoms. The Hall–Kier alpha value is -3.10. The number of nitrogens with one attached hydrogen (secondary N) is 2. The van der Waals surface area contributed by atoms with Gasteiger partial charge in [0.25, 0.3) is 5.69 Å². The van der Waals surface area contributed by atoms with Crippen molar-refractivity contribution in [1.29, 1.82) is 0 Å². The van der Waals surface area contributed by atoms with Gasteiger partial charge in [-0.3, -0.25) is 10.1 Å². The fourth-order valence-electron chi connectivity index (χ4n) is 2.28. The van der Waals surface area contributed by atoms with E-state index in [2.05, 4.69) is 10.6 Å². The Balaban J connectivity index is 2.52. The molecule has 122 valence electrons. The summed E-state index contributed by atoms with van der Waals surface area (Å²) in [4.78, 5) is 33.9. The summed E-state index contributed by atoms with van der Waals surface area (Å²) in [6, 6.07) is 1.90. The van der Waals surface area contributed by atoms with Gasteiger partial charge in [0.1, 0.15) is 0 Å². The highest BCUT2D eigenvalue weighted by atomic mass is 16.6. The van der Waals surface area contributed by atoms with E-state index >= 15 is 0 Å². The molecule has 2 N–H and O–H groups in total. The molecule has 2 amide bonds. The monoisotopic (exact) mass is 320 g/mol. The number of benzene rings is 1. The molecule has 1 aromatic rings. The van der Waals surface area contributed by atoms with Gasteiger partial charge in [-0.25, -0.2) is 9.59 Å². The molecule has 0 aliphatic carbocycles. The quantitative estimate of drug-likeness (QED) is 0.480. The van der Waals surface area contributed by atoms with Crippen molar-refractivity contribution in [3.05, 3.63) is 45.1 Å². The van der Waals surface area contributed by atoms with Crippen LogP contribution in [0.25, 0.3) is 0 Å². The molecular weight excluding hydrogens is 306 g/mol. The van der Waals surface area contributed by atoms with Gasteiger partial charge in [-0.2, -0.15) is 0 Å². The number of ether oxygens (including phenoxy) is 1. The van der Waals surface area contributed by atoms with Gasteiger partial charge in [0, 0.05) is 11.8 Å². The second-order valence-electron chi connectivity index (χ2n) is 4.77. The smallest absolute Gasteiger partial charge is 0.338 e. The molecule has 1 aliphatic heterocycles. The molecule has 0 aromatic heterocycles. The fourth-order valence-corrected chi connectivity index (χ4v) is 2.28. The van der Waals surface area contributed by atoms with Crippen LogP contribution >= 0.6 is 0 Å². The van der Waals surface area contributed by atoms with E-state index in [1.807, 2.05) is 0 Å². The van der Waals surface area contributed by atoms with Crippen molar-refractivity contribution in [3.63, 3.8) is 0 Å². The lowest BCUT2D eigenvalue weighted by Crippen LogP contribution is -2.45. The molecular formula is C14H14N3O6-. The topological polar surface area (TPSA) is 134 Å². The van der Waals surface area contributed by atoms with E-state index in [-0.39, 0.29) is 23.4 Å². The van der Waals surface area contributed by atoms with Crippen LogP contribution in [0, 0.1) is 10.1 Å². The largest absolute Gasteiger partial charge is 0.868 e. The summed E-state index contributed by atoms with van der Waals surface area (Å²) >= 11 is 0. The molecule has 1 aliphatic rings. The first-order chi connectivity index (χ1) is 10.8. The number of urea groups is 1. The van der Waals surface area contributed by atoms with Gasteiger partial charge < -0.3 is 20.5 Å².